The summed E-state index contributed by atoms with van der Waals surface area (Å²) in [6, 6.07) is 12.2. The first-order valence-electron chi connectivity index (χ1n) is 12.6. The van der Waals surface area contributed by atoms with Crippen molar-refractivity contribution >= 4 is 46.3 Å². The summed E-state index contributed by atoms with van der Waals surface area (Å²) >= 11 is 3.63. The van der Waals surface area contributed by atoms with Crippen molar-refractivity contribution in [2.75, 3.05) is 11.5 Å². The molecule has 0 aliphatic heterocycles. The molecular formula is C27H31BrN5O4P. The van der Waals surface area contributed by atoms with E-state index in [4.69, 9.17) is 14.6 Å². The topological polar surface area (TPSA) is 119 Å². The van der Waals surface area contributed by atoms with Gasteiger partial charge in [0.05, 0.1) is 22.8 Å². The normalized spacial score (nSPS) is 13.0. The summed E-state index contributed by atoms with van der Waals surface area (Å²) in [5.41, 5.74) is 2.56. The van der Waals surface area contributed by atoms with Gasteiger partial charge in [-0.1, -0.05) is 20.8 Å². The maximum absolute atomic E-state index is 12.8. The molecule has 1 atom stereocenters. The van der Waals surface area contributed by atoms with E-state index in [1.54, 1.807) is 42.6 Å². The first-order valence-corrected chi connectivity index (χ1v) is 15.1. The molecule has 4 aromatic rings. The van der Waals surface area contributed by atoms with Gasteiger partial charge in [-0.05, 0) is 83.6 Å². The fourth-order valence-electron chi connectivity index (χ4n) is 4.02. The van der Waals surface area contributed by atoms with Crippen LogP contribution in [0, 0.1) is 5.92 Å². The SMILES string of the molecule is CCCP(=O)(O)Oc1ccc(-c2nc3c(cc2Br)c(NC(=O)c2cccnc2)nn3CCCC(C)C)cc1. The monoisotopic (exact) mass is 599 g/mol. The Morgan fingerprint density at radius 3 is 2.66 bits per heavy atom. The quantitative estimate of drug-likeness (QED) is 0.179. The van der Waals surface area contributed by atoms with Gasteiger partial charge < -0.3 is 14.7 Å². The van der Waals surface area contributed by atoms with Crippen LogP contribution in [-0.2, 0) is 11.1 Å². The largest absolute Gasteiger partial charge is 0.424 e. The second kappa shape index (κ2) is 12.2. The summed E-state index contributed by atoms with van der Waals surface area (Å²) in [5.74, 6) is 1.01. The molecule has 1 aromatic carbocycles. The van der Waals surface area contributed by atoms with Gasteiger partial charge in [0.2, 0.25) is 0 Å². The zero-order chi connectivity index (χ0) is 27.3. The Balaban J connectivity index is 1.68. The molecule has 0 fully saturated rings. The molecule has 9 nitrogen and oxygen atoms in total. The number of carbonyl (C=O) groups excluding carboxylic acids is 1. The number of nitrogens with zero attached hydrogens (tertiary/aromatic N) is 4. The number of anilines is 1. The third-order valence-electron chi connectivity index (χ3n) is 5.87. The fourth-order valence-corrected chi connectivity index (χ4v) is 5.67. The summed E-state index contributed by atoms with van der Waals surface area (Å²) in [5, 5.41) is 8.32. The van der Waals surface area contributed by atoms with E-state index in [1.807, 2.05) is 17.7 Å². The smallest absolute Gasteiger partial charge is 0.376 e. The molecule has 0 bridgehead atoms. The number of aromatic nitrogens is 4. The number of fused-ring (bicyclic) bond motifs is 1. The molecule has 0 saturated carbocycles. The van der Waals surface area contributed by atoms with Crippen LogP contribution in [0.1, 0.15) is 50.4 Å². The third kappa shape index (κ3) is 6.87. The van der Waals surface area contributed by atoms with E-state index in [0.717, 1.165) is 22.9 Å². The molecule has 0 aliphatic carbocycles. The second-order valence-electron chi connectivity index (χ2n) is 9.47. The average molecular weight is 600 g/mol. The van der Waals surface area contributed by atoms with Gasteiger partial charge in [0.1, 0.15) is 5.75 Å². The Bertz CT molecular complexity index is 1460. The summed E-state index contributed by atoms with van der Waals surface area (Å²) in [6.07, 6.45) is 5.73. The number of pyridine rings is 2. The van der Waals surface area contributed by atoms with Crippen LogP contribution in [0.5, 0.6) is 5.75 Å². The maximum Gasteiger partial charge on any atom is 0.376 e. The molecule has 38 heavy (non-hydrogen) atoms. The molecule has 0 spiro atoms. The predicted octanol–water partition coefficient (Wildman–Crippen LogP) is 6.92. The minimum Gasteiger partial charge on any atom is -0.424 e. The number of amides is 1. The highest BCUT2D eigenvalue weighted by molar-refractivity contribution is 9.10. The van der Waals surface area contributed by atoms with Gasteiger partial charge in [0, 0.05) is 29.0 Å². The van der Waals surface area contributed by atoms with Gasteiger partial charge in [-0.3, -0.25) is 9.78 Å². The first kappa shape index (κ1) is 28.0. The van der Waals surface area contributed by atoms with Crippen molar-refractivity contribution in [3.63, 3.8) is 0 Å². The molecule has 3 heterocycles. The van der Waals surface area contributed by atoms with Crippen LogP contribution < -0.4 is 9.84 Å². The number of hydrogen-bond acceptors (Lipinski definition) is 6. The number of nitrogens with one attached hydrogen (secondary N) is 1. The molecule has 11 heteroatoms. The molecule has 3 aromatic heterocycles. The van der Waals surface area contributed by atoms with Gasteiger partial charge >= 0.3 is 7.60 Å². The Hall–Kier alpha value is -3.07. The van der Waals surface area contributed by atoms with Crippen molar-refractivity contribution in [2.45, 2.75) is 46.6 Å². The van der Waals surface area contributed by atoms with Crippen LogP contribution in [0.4, 0.5) is 5.82 Å². The molecule has 4 rings (SSSR count). The number of rotatable bonds is 11. The Kier molecular flexibility index (Phi) is 8.97. The zero-order valence-electron chi connectivity index (χ0n) is 21.6. The fraction of sp³-hybridized carbons (Fsp3) is 0.333. The zero-order valence-corrected chi connectivity index (χ0v) is 24.1. The molecule has 0 aliphatic rings. The molecule has 0 saturated heterocycles. The van der Waals surface area contributed by atoms with Gasteiger partial charge in [0.25, 0.3) is 5.91 Å². The summed E-state index contributed by atoms with van der Waals surface area (Å²) in [4.78, 5) is 31.7. The van der Waals surface area contributed by atoms with E-state index in [-0.39, 0.29) is 12.1 Å². The van der Waals surface area contributed by atoms with Crippen molar-refractivity contribution < 1.29 is 18.8 Å². The lowest BCUT2D eigenvalue weighted by Gasteiger charge is -2.13. The molecule has 1 unspecified atom stereocenters. The standard InChI is InChI=1S/C27H31BrN5O4P/c1-4-15-38(35,36)37-21-11-9-19(10-12-21)24-23(28)16-22-25(31-27(34)20-8-5-13-29-17-20)32-33(26(22)30-24)14-6-7-18(2)3/h5,8-13,16-18H,4,6-7,14-15H2,1-3H3,(H,35,36)(H,31,32,34). The second-order valence-corrected chi connectivity index (χ2v) is 12.2. The highest BCUT2D eigenvalue weighted by Crippen LogP contribution is 2.43. The van der Waals surface area contributed by atoms with Crippen molar-refractivity contribution in [3.05, 3.63) is 64.9 Å². The number of aryl methyl sites for hydroxylation is 1. The first-order chi connectivity index (χ1) is 18.2. The van der Waals surface area contributed by atoms with Crippen LogP contribution in [0.2, 0.25) is 0 Å². The van der Waals surface area contributed by atoms with E-state index in [0.29, 0.717) is 52.7 Å². The average Bonchev–Trinajstić information content (AvgIpc) is 3.20. The van der Waals surface area contributed by atoms with Crippen LogP contribution in [0.25, 0.3) is 22.3 Å². The molecule has 200 valence electrons. The summed E-state index contributed by atoms with van der Waals surface area (Å²) in [6.45, 7) is 6.85. The lowest BCUT2D eigenvalue weighted by molar-refractivity contribution is 0.102. The van der Waals surface area contributed by atoms with Gasteiger partial charge in [-0.15, -0.1) is 0 Å². The Labute approximate surface area is 230 Å². The van der Waals surface area contributed by atoms with E-state index in [2.05, 4.69) is 40.1 Å². The molecule has 0 radical (unpaired) electrons. The van der Waals surface area contributed by atoms with E-state index < -0.39 is 7.60 Å². The number of hydrogen-bond donors (Lipinski definition) is 2. The van der Waals surface area contributed by atoms with Crippen molar-refractivity contribution in [1.82, 2.24) is 19.7 Å². The lowest BCUT2D eigenvalue weighted by Crippen LogP contribution is -2.13. The minimum atomic E-state index is -3.67. The molecule has 2 N–H and O–H groups in total. The Morgan fingerprint density at radius 2 is 2.00 bits per heavy atom. The van der Waals surface area contributed by atoms with Crippen molar-refractivity contribution in [2.24, 2.45) is 5.92 Å². The van der Waals surface area contributed by atoms with E-state index >= 15 is 0 Å². The minimum absolute atomic E-state index is 0.0962. The van der Waals surface area contributed by atoms with Crippen LogP contribution in [0.15, 0.2) is 59.3 Å². The number of benzene rings is 1. The highest BCUT2D eigenvalue weighted by Gasteiger charge is 2.21. The Morgan fingerprint density at radius 1 is 1.24 bits per heavy atom. The third-order valence-corrected chi connectivity index (χ3v) is 7.98. The van der Waals surface area contributed by atoms with Gasteiger partial charge in [-0.25, -0.2) is 14.2 Å². The van der Waals surface area contributed by atoms with Gasteiger partial charge in [-0.2, -0.15) is 5.10 Å². The van der Waals surface area contributed by atoms with Crippen LogP contribution in [-0.4, -0.2) is 36.7 Å². The van der Waals surface area contributed by atoms with E-state index in [1.165, 1.54) is 6.20 Å². The highest BCUT2D eigenvalue weighted by atomic mass is 79.9. The number of halogens is 1. The van der Waals surface area contributed by atoms with E-state index in [9.17, 15) is 14.3 Å². The summed E-state index contributed by atoms with van der Waals surface area (Å²) < 4.78 is 20.0. The lowest BCUT2D eigenvalue weighted by atomic mass is 10.1. The van der Waals surface area contributed by atoms with Crippen molar-refractivity contribution in [1.29, 1.82) is 0 Å². The van der Waals surface area contributed by atoms with Gasteiger partial charge in [0.15, 0.2) is 11.5 Å². The molecule has 1 amide bonds. The summed E-state index contributed by atoms with van der Waals surface area (Å²) in [7, 11) is -3.67. The maximum atomic E-state index is 12.8. The molecular weight excluding hydrogens is 569 g/mol. The predicted molar refractivity (Wildman–Crippen MR) is 153 cm³/mol. The van der Waals surface area contributed by atoms with Crippen LogP contribution >= 0.6 is 23.5 Å². The van der Waals surface area contributed by atoms with Crippen LogP contribution in [0.3, 0.4) is 0 Å². The van der Waals surface area contributed by atoms with Crippen molar-refractivity contribution in [3.8, 4) is 17.0 Å². The number of carbonyl (C=O) groups is 1.